The molecule has 0 fully saturated rings. The molecule has 112 valence electrons. The molecule has 3 unspecified atom stereocenters. The van der Waals surface area contributed by atoms with Crippen LogP contribution in [0.25, 0.3) is 0 Å². The monoisotopic (exact) mass is 276 g/mol. The van der Waals surface area contributed by atoms with Crippen molar-refractivity contribution in [2.75, 3.05) is 20.2 Å². The highest BCUT2D eigenvalue weighted by molar-refractivity contribution is 5.36. The molecule has 1 aliphatic carbocycles. The third-order valence-corrected chi connectivity index (χ3v) is 4.36. The molecule has 2 N–H and O–H groups in total. The average molecular weight is 276 g/mol. The number of hydrogen-bond donors (Lipinski definition) is 1. The van der Waals surface area contributed by atoms with Crippen molar-refractivity contribution in [3.8, 4) is 0 Å². The molecule has 1 aliphatic rings. The van der Waals surface area contributed by atoms with Crippen molar-refractivity contribution in [3.05, 3.63) is 35.4 Å². The van der Waals surface area contributed by atoms with E-state index in [1.165, 1.54) is 11.1 Å². The van der Waals surface area contributed by atoms with Gasteiger partial charge in [0.25, 0.3) is 0 Å². The maximum absolute atomic E-state index is 6.50. The lowest BCUT2D eigenvalue weighted by molar-refractivity contribution is 0.0499. The van der Waals surface area contributed by atoms with Crippen molar-refractivity contribution in [1.82, 2.24) is 4.90 Å². The number of benzene rings is 1. The van der Waals surface area contributed by atoms with Crippen molar-refractivity contribution >= 4 is 0 Å². The molecule has 20 heavy (non-hydrogen) atoms. The van der Waals surface area contributed by atoms with Gasteiger partial charge in [-0.05, 0) is 44.4 Å². The van der Waals surface area contributed by atoms with Crippen LogP contribution in [0.5, 0.6) is 0 Å². The van der Waals surface area contributed by atoms with Crippen LogP contribution in [-0.4, -0.2) is 37.2 Å². The summed E-state index contributed by atoms with van der Waals surface area (Å²) in [6.45, 7) is 8.16. The first-order valence-corrected chi connectivity index (χ1v) is 7.67. The first-order valence-electron chi connectivity index (χ1n) is 7.67. The molecule has 0 bridgehead atoms. The largest absolute Gasteiger partial charge is 0.377 e. The first kappa shape index (κ1) is 15.5. The van der Waals surface area contributed by atoms with Crippen LogP contribution in [0.1, 0.15) is 50.3 Å². The number of nitrogens with two attached hydrogens (primary N) is 1. The highest BCUT2D eigenvalue weighted by atomic mass is 16.5. The molecular formula is C17H28N2O. The van der Waals surface area contributed by atoms with Crippen molar-refractivity contribution in [1.29, 1.82) is 0 Å². The van der Waals surface area contributed by atoms with Gasteiger partial charge in [0.2, 0.25) is 0 Å². The van der Waals surface area contributed by atoms with Crippen LogP contribution in [0.2, 0.25) is 0 Å². The predicted octanol–water partition coefficient (Wildman–Crippen LogP) is 2.92. The third-order valence-electron chi connectivity index (χ3n) is 4.36. The number of rotatable bonds is 5. The number of likely N-dealkylation sites (N-methyl/N-ethyl adjacent to an activating group) is 1. The van der Waals surface area contributed by atoms with Crippen molar-refractivity contribution < 1.29 is 4.74 Å². The van der Waals surface area contributed by atoms with Crippen molar-refractivity contribution in [3.63, 3.8) is 0 Å². The minimum absolute atomic E-state index is 0.103. The molecule has 0 saturated carbocycles. The van der Waals surface area contributed by atoms with E-state index >= 15 is 0 Å². The maximum Gasteiger partial charge on any atom is 0.0596 e. The lowest BCUT2D eigenvalue weighted by Crippen LogP contribution is -2.45. The Hall–Kier alpha value is -0.900. The Kier molecular flexibility index (Phi) is 5.19. The van der Waals surface area contributed by atoms with E-state index in [4.69, 9.17) is 10.5 Å². The van der Waals surface area contributed by atoms with E-state index in [-0.39, 0.29) is 6.04 Å². The van der Waals surface area contributed by atoms with Crippen LogP contribution in [0, 0.1) is 0 Å². The quantitative estimate of drug-likeness (QED) is 0.898. The molecule has 0 spiro atoms. The van der Waals surface area contributed by atoms with Gasteiger partial charge in [-0.3, -0.25) is 4.90 Å². The van der Waals surface area contributed by atoms with Gasteiger partial charge in [-0.25, -0.2) is 0 Å². The molecule has 3 nitrogen and oxygen atoms in total. The van der Waals surface area contributed by atoms with E-state index in [0.29, 0.717) is 18.1 Å². The maximum atomic E-state index is 6.50. The number of hydrogen-bond acceptors (Lipinski definition) is 3. The van der Waals surface area contributed by atoms with Gasteiger partial charge in [0, 0.05) is 18.6 Å². The summed E-state index contributed by atoms with van der Waals surface area (Å²) in [6, 6.07) is 9.11. The zero-order chi connectivity index (χ0) is 14.7. The van der Waals surface area contributed by atoms with E-state index in [1.54, 1.807) is 0 Å². The fourth-order valence-electron chi connectivity index (χ4n) is 3.16. The summed E-state index contributed by atoms with van der Waals surface area (Å²) in [4.78, 5) is 2.36. The van der Waals surface area contributed by atoms with E-state index in [0.717, 1.165) is 19.6 Å². The normalized spacial score (nSPS) is 26.1. The predicted molar refractivity (Wildman–Crippen MR) is 83.9 cm³/mol. The highest BCUT2D eigenvalue weighted by Gasteiger charge is 2.32. The summed E-state index contributed by atoms with van der Waals surface area (Å²) in [5.74, 6) is 0.574. The standard InChI is InChI=1S/C17H28N2O/c1-12(2)20-10-9-19(4)16-11-13(3)14-7-5-6-8-15(14)17(16)18/h5-8,12-13,16-17H,9-11,18H2,1-4H3. The van der Waals surface area contributed by atoms with E-state index in [2.05, 4.69) is 57.0 Å². The minimum atomic E-state index is 0.103. The summed E-state index contributed by atoms with van der Waals surface area (Å²) in [5.41, 5.74) is 9.24. The topological polar surface area (TPSA) is 38.5 Å². The number of fused-ring (bicyclic) bond motifs is 1. The fraction of sp³-hybridized carbons (Fsp3) is 0.647. The van der Waals surface area contributed by atoms with Crippen LogP contribution in [0.15, 0.2) is 24.3 Å². The fourth-order valence-corrected chi connectivity index (χ4v) is 3.16. The van der Waals surface area contributed by atoms with Crippen molar-refractivity contribution in [2.24, 2.45) is 5.73 Å². The van der Waals surface area contributed by atoms with Crippen LogP contribution in [-0.2, 0) is 4.74 Å². The highest BCUT2D eigenvalue weighted by Crippen LogP contribution is 2.37. The molecule has 2 rings (SSSR count). The van der Waals surface area contributed by atoms with Crippen LogP contribution in [0.3, 0.4) is 0 Å². The first-order chi connectivity index (χ1) is 9.50. The second kappa shape index (κ2) is 6.70. The Labute approximate surface area is 123 Å². The molecular weight excluding hydrogens is 248 g/mol. The van der Waals surface area contributed by atoms with Gasteiger partial charge in [0.05, 0.1) is 12.7 Å². The molecule has 0 saturated heterocycles. The summed E-state index contributed by atoms with van der Waals surface area (Å²) < 4.78 is 5.65. The Morgan fingerprint density at radius 3 is 2.60 bits per heavy atom. The molecule has 0 aromatic heterocycles. The summed E-state index contributed by atoms with van der Waals surface area (Å²) in [7, 11) is 2.16. The lowest BCUT2D eigenvalue weighted by atomic mass is 9.78. The van der Waals surface area contributed by atoms with Gasteiger partial charge < -0.3 is 10.5 Å². The molecule has 0 radical (unpaired) electrons. The van der Waals surface area contributed by atoms with Crippen LogP contribution >= 0.6 is 0 Å². The smallest absolute Gasteiger partial charge is 0.0596 e. The SMILES string of the molecule is CC(C)OCCN(C)C1CC(C)c2ccccc2C1N. The Morgan fingerprint density at radius 1 is 1.30 bits per heavy atom. The molecule has 1 aromatic carbocycles. The van der Waals surface area contributed by atoms with Crippen LogP contribution in [0.4, 0.5) is 0 Å². The van der Waals surface area contributed by atoms with Gasteiger partial charge in [-0.1, -0.05) is 31.2 Å². The van der Waals surface area contributed by atoms with Gasteiger partial charge >= 0.3 is 0 Å². The summed E-state index contributed by atoms with van der Waals surface area (Å²) >= 11 is 0. The third kappa shape index (κ3) is 3.40. The number of nitrogens with zero attached hydrogens (tertiary/aromatic N) is 1. The Bertz CT molecular complexity index is 433. The van der Waals surface area contributed by atoms with E-state index in [1.807, 2.05) is 0 Å². The molecule has 1 aromatic rings. The molecule has 0 amide bonds. The lowest BCUT2D eigenvalue weighted by Gasteiger charge is -2.40. The van der Waals surface area contributed by atoms with Gasteiger partial charge in [0.15, 0.2) is 0 Å². The van der Waals surface area contributed by atoms with E-state index in [9.17, 15) is 0 Å². The average Bonchev–Trinajstić information content (AvgIpc) is 2.42. The minimum Gasteiger partial charge on any atom is -0.377 e. The van der Waals surface area contributed by atoms with Gasteiger partial charge in [-0.2, -0.15) is 0 Å². The molecule has 3 atom stereocenters. The molecule has 3 heteroatoms. The zero-order valence-corrected chi connectivity index (χ0v) is 13.2. The second-order valence-corrected chi connectivity index (χ2v) is 6.26. The summed E-state index contributed by atoms with van der Waals surface area (Å²) in [6.07, 6.45) is 1.42. The Balaban J connectivity index is 2.03. The van der Waals surface area contributed by atoms with Gasteiger partial charge in [-0.15, -0.1) is 0 Å². The second-order valence-electron chi connectivity index (χ2n) is 6.26. The Morgan fingerprint density at radius 2 is 1.95 bits per heavy atom. The van der Waals surface area contributed by atoms with Gasteiger partial charge in [0.1, 0.15) is 0 Å². The zero-order valence-electron chi connectivity index (χ0n) is 13.2. The molecule has 0 heterocycles. The van der Waals surface area contributed by atoms with E-state index < -0.39 is 0 Å². The number of ether oxygens (including phenoxy) is 1. The van der Waals surface area contributed by atoms with Crippen molar-refractivity contribution in [2.45, 2.75) is 51.3 Å². The molecule has 0 aliphatic heterocycles. The van der Waals surface area contributed by atoms with Crippen LogP contribution < -0.4 is 5.73 Å². The summed E-state index contributed by atoms with van der Waals surface area (Å²) in [5, 5.41) is 0.